The van der Waals surface area contributed by atoms with E-state index in [0.717, 1.165) is 22.5 Å². The lowest BCUT2D eigenvalue weighted by Crippen LogP contribution is -2.11. The summed E-state index contributed by atoms with van der Waals surface area (Å²) in [6.45, 7) is 4.11. The second-order valence-corrected chi connectivity index (χ2v) is 4.30. The van der Waals surface area contributed by atoms with Gasteiger partial charge in [-0.3, -0.25) is 0 Å². The van der Waals surface area contributed by atoms with E-state index in [1.165, 1.54) is 6.08 Å². The van der Waals surface area contributed by atoms with E-state index in [-0.39, 0.29) is 0 Å². The van der Waals surface area contributed by atoms with E-state index in [9.17, 15) is 0 Å². The maximum absolute atomic E-state index is 8.47. The standard InChI is InChI=1S/C13H15N5/c1-9(2)17-11-8-16-13-12(18-11)10(7-15-13)5-3-4-6-14/h3-4,7-9H,5H2,1-2H3,(H,15,16)(H,17,18)/b4-3+. The largest absolute Gasteiger partial charge is 0.367 e. The molecule has 5 nitrogen and oxygen atoms in total. The highest BCUT2D eigenvalue weighted by molar-refractivity contribution is 5.76. The van der Waals surface area contributed by atoms with E-state index in [2.05, 4.69) is 34.1 Å². The van der Waals surface area contributed by atoms with Crippen LogP contribution in [-0.2, 0) is 6.42 Å². The summed E-state index contributed by atoms with van der Waals surface area (Å²) in [5.41, 5.74) is 2.66. The van der Waals surface area contributed by atoms with Crippen LogP contribution in [0, 0.1) is 11.3 Å². The first-order chi connectivity index (χ1) is 8.70. The molecule has 0 fully saturated rings. The molecule has 0 bridgehead atoms. The molecule has 2 N–H and O–H groups in total. The Bertz CT molecular complexity index is 603. The third-order valence-corrected chi connectivity index (χ3v) is 2.43. The molecule has 0 aliphatic carbocycles. The van der Waals surface area contributed by atoms with Crippen LogP contribution < -0.4 is 5.32 Å². The van der Waals surface area contributed by atoms with Crippen molar-refractivity contribution in [1.82, 2.24) is 15.0 Å². The predicted molar refractivity (Wildman–Crippen MR) is 71.1 cm³/mol. The van der Waals surface area contributed by atoms with Crippen LogP contribution in [0.4, 0.5) is 5.82 Å². The zero-order valence-electron chi connectivity index (χ0n) is 10.4. The number of nitriles is 1. The molecule has 0 radical (unpaired) electrons. The molecule has 0 amide bonds. The van der Waals surface area contributed by atoms with E-state index >= 15 is 0 Å². The van der Waals surface area contributed by atoms with Crippen LogP contribution in [0.25, 0.3) is 11.2 Å². The fourth-order valence-electron chi connectivity index (χ4n) is 1.70. The molecule has 2 rings (SSSR count). The summed E-state index contributed by atoms with van der Waals surface area (Å²) in [5.74, 6) is 0.766. The molecule has 0 aromatic carbocycles. The smallest absolute Gasteiger partial charge is 0.156 e. The van der Waals surface area contributed by atoms with E-state index in [1.807, 2.05) is 18.3 Å². The van der Waals surface area contributed by atoms with Crippen molar-refractivity contribution in [3.63, 3.8) is 0 Å². The van der Waals surface area contributed by atoms with Crippen molar-refractivity contribution in [3.8, 4) is 6.07 Å². The van der Waals surface area contributed by atoms with Gasteiger partial charge in [-0.05, 0) is 20.3 Å². The van der Waals surface area contributed by atoms with Gasteiger partial charge in [0, 0.05) is 23.9 Å². The second-order valence-electron chi connectivity index (χ2n) is 4.30. The SMILES string of the molecule is CC(C)Nc1cnc2[nH]cc(C/C=C/C#N)c2n1. The van der Waals surface area contributed by atoms with Crippen molar-refractivity contribution in [2.75, 3.05) is 5.32 Å². The Balaban J connectivity index is 2.31. The Morgan fingerprint density at radius 3 is 3.11 bits per heavy atom. The average Bonchev–Trinajstić information content (AvgIpc) is 2.72. The van der Waals surface area contributed by atoms with Crippen LogP contribution in [0.15, 0.2) is 24.5 Å². The number of allylic oxidation sites excluding steroid dienone is 2. The van der Waals surface area contributed by atoms with Crippen molar-refractivity contribution in [3.05, 3.63) is 30.1 Å². The minimum absolute atomic E-state index is 0.317. The number of anilines is 1. The molecule has 92 valence electrons. The summed E-state index contributed by atoms with van der Waals surface area (Å²) in [7, 11) is 0. The number of hydrogen-bond donors (Lipinski definition) is 2. The van der Waals surface area contributed by atoms with Gasteiger partial charge in [0.1, 0.15) is 11.3 Å². The highest BCUT2D eigenvalue weighted by Gasteiger charge is 2.07. The zero-order valence-corrected chi connectivity index (χ0v) is 10.4. The van der Waals surface area contributed by atoms with Crippen molar-refractivity contribution >= 4 is 17.0 Å². The number of fused-ring (bicyclic) bond motifs is 1. The average molecular weight is 241 g/mol. The van der Waals surface area contributed by atoms with Gasteiger partial charge in [0.05, 0.1) is 12.3 Å². The van der Waals surface area contributed by atoms with Crippen molar-refractivity contribution in [1.29, 1.82) is 5.26 Å². The first kappa shape index (κ1) is 12.1. The van der Waals surface area contributed by atoms with Gasteiger partial charge in [-0.1, -0.05) is 6.08 Å². The van der Waals surface area contributed by atoms with Gasteiger partial charge < -0.3 is 10.3 Å². The van der Waals surface area contributed by atoms with Crippen LogP contribution in [-0.4, -0.2) is 21.0 Å². The number of aromatic nitrogens is 3. The molecule has 2 aromatic heterocycles. The lowest BCUT2D eigenvalue weighted by molar-refractivity contribution is 0.888. The quantitative estimate of drug-likeness (QED) is 0.806. The summed E-state index contributed by atoms with van der Waals surface area (Å²) in [6, 6.07) is 2.29. The fraction of sp³-hybridized carbons (Fsp3) is 0.308. The Labute approximate surface area is 106 Å². The van der Waals surface area contributed by atoms with Gasteiger partial charge >= 0.3 is 0 Å². The highest BCUT2D eigenvalue weighted by Crippen LogP contribution is 2.17. The maximum atomic E-state index is 8.47. The predicted octanol–water partition coefficient (Wildman–Crippen LogP) is 2.40. The molecule has 18 heavy (non-hydrogen) atoms. The van der Waals surface area contributed by atoms with Crippen molar-refractivity contribution < 1.29 is 0 Å². The summed E-state index contributed by atoms with van der Waals surface area (Å²) in [4.78, 5) is 11.9. The molecule has 5 heteroatoms. The highest BCUT2D eigenvalue weighted by atomic mass is 15.0. The van der Waals surface area contributed by atoms with Gasteiger partial charge in [0.2, 0.25) is 0 Å². The number of nitrogens with zero attached hydrogens (tertiary/aromatic N) is 3. The first-order valence-electron chi connectivity index (χ1n) is 5.85. The summed E-state index contributed by atoms with van der Waals surface area (Å²) < 4.78 is 0. The monoisotopic (exact) mass is 241 g/mol. The Morgan fingerprint density at radius 2 is 2.39 bits per heavy atom. The van der Waals surface area contributed by atoms with Crippen LogP contribution in [0.5, 0.6) is 0 Å². The maximum Gasteiger partial charge on any atom is 0.156 e. The van der Waals surface area contributed by atoms with Crippen molar-refractivity contribution in [2.45, 2.75) is 26.3 Å². The normalized spacial score (nSPS) is 11.2. The van der Waals surface area contributed by atoms with Gasteiger partial charge in [-0.2, -0.15) is 5.26 Å². The lowest BCUT2D eigenvalue weighted by Gasteiger charge is -2.08. The molecule has 0 atom stereocenters. The van der Waals surface area contributed by atoms with Gasteiger partial charge in [-0.25, -0.2) is 9.97 Å². The minimum atomic E-state index is 0.317. The number of aromatic amines is 1. The van der Waals surface area contributed by atoms with Crippen LogP contribution in [0.3, 0.4) is 0 Å². The fourth-order valence-corrected chi connectivity index (χ4v) is 1.70. The number of H-pyrrole nitrogens is 1. The minimum Gasteiger partial charge on any atom is -0.367 e. The summed E-state index contributed by atoms with van der Waals surface area (Å²) in [5, 5.41) is 11.7. The zero-order chi connectivity index (χ0) is 13.0. The molecule has 0 aliphatic heterocycles. The molecule has 0 spiro atoms. The Morgan fingerprint density at radius 1 is 1.56 bits per heavy atom. The van der Waals surface area contributed by atoms with Crippen LogP contribution in [0.2, 0.25) is 0 Å². The molecule has 0 unspecified atom stereocenters. The van der Waals surface area contributed by atoms with E-state index in [4.69, 9.17) is 5.26 Å². The summed E-state index contributed by atoms with van der Waals surface area (Å²) >= 11 is 0. The molecular formula is C13H15N5. The topological polar surface area (TPSA) is 77.4 Å². The third-order valence-electron chi connectivity index (χ3n) is 2.43. The van der Waals surface area contributed by atoms with E-state index in [1.54, 1.807) is 6.20 Å². The molecule has 2 aromatic rings. The van der Waals surface area contributed by atoms with Crippen LogP contribution in [0.1, 0.15) is 19.4 Å². The van der Waals surface area contributed by atoms with Crippen molar-refractivity contribution in [2.24, 2.45) is 0 Å². The third kappa shape index (κ3) is 2.66. The molecular weight excluding hydrogens is 226 g/mol. The first-order valence-corrected chi connectivity index (χ1v) is 5.85. The Hall–Kier alpha value is -2.35. The number of hydrogen-bond acceptors (Lipinski definition) is 4. The number of nitrogens with one attached hydrogen (secondary N) is 2. The lowest BCUT2D eigenvalue weighted by atomic mass is 10.2. The molecule has 0 saturated carbocycles. The number of rotatable bonds is 4. The molecule has 0 aliphatic rings. The summed E-state index contributed by atoms with van der Waals surface area (Å²) in [6.07, 6.45) is 7.56. The van der Waals surface area contributed by atoms with E-state index in [0.29, 0.717) is 12.5 Å². The van der Waals surface area contributed by atoms with E-state index < -0.39 is 0 Å². The van der Waals surface area contributed by atoms with Gasteiger partial charge in [0.25, 0.3) is 0 Å². The molecule has 0 saturated heterocycles. The van der Waals surface area contributed by atoms with Gasteiger partial charge in [-0.15, -0.1) is 0 Å². The molecule has 2 heterocycles. The van der Waals surface area contributed by atoms with Gasteiger partial charge in [0.15, 0.2) is 5.65 Å². The van der Waals surface area contributed by atoms with Crippen LogP contribution >= 0.6 is 0 Å². The Kier molecular flexibility index (Phi) is 3.58. The second kappa shape index (κ2) is 5.32.